The first-order chi connectivity index (χ1) is 10.2. The highest BCUT2D eigenvalue weighted by atomic mass is 15.1. The van der Waals surface area contributed by atoms with Gasteiger partial charge in [-0.05, 0) is 96.1 Å². The summed E-state index contributed by atoms with van der Waals surface area (Å²) in [5.41, 5.74) is 0.760. The van der Waals surface area contributed by atoms with Crippen LogP contribution in [0.5, 0.6) is 0 Å². The van der Waals surface area contributed by atoms with Gasteiger partial charge in [0.15, 0.2) is 0 Å². The van der Waals surface area contributed by atoms with Crippen LogP contribution >= 0.6 is 0 Å². The topological polar surface area (TPSA) is 6.48 Å². The van der Waals surface area contributed by atoms with E-state index in [1.54, 1.807) is 32.1 Å². The zero-order valence-corrected chi connectivity index (χ0v) is 14.4. The molecule has 2 saturated carbocycles. The van der Waals surface area contributed by atoms with Crippen molar-refractivity contribution in [2.45, 2.75) is 64.2 Å². The molecular formula is C19H36N2. The molecule has 1 saturated heterocycles. The van der Waals surface area contributed by atoms with Crippen molar-refractivity contribution in [3.8, 4) is 0 Å². The van der Waals surface area contributed by atoms with Crippen molar-refractivity contribution in [3.63, 3.8) is 0 Å². The number of hydrogen-bond donors (Lipinski definition) is 0. The molecule has 2 aliphatic carbocycles. The van der Waals surface area contributed by atoms with Crippen LogP contribution in [-0.4, -0.2) is 50.1 Å². The van der Waals surface area contributed by atoms with Gasteiger partial charge < -0.3 is 9.80 Å². The lowest BCUT2D eigenvalue weighted by Gasteiger charge is -2.50. The van der Waals surface area contributed by atoms with Crippen molar-refractivity contribution < 1.29 is 0 Å². The molecule has 1 heterocycles. The van der Waals surface area contributed by atoms with Crippen molar-refractivity contribution >= 4 is 0 Å². The molecule has 0 bridgehead atoms. The van der Waals surface area contributed by atoms with E-state index in [0.717, 1.165) is 17.3 Å². The summed E-state index contributed by atoms with van der Waals surface area (Å²) >= 11 is 0. The number of rotatable bonds is 4. The smallest absolute Gasteiger partial charge is 0.000654 e. The van der Waals surface area contributed by atoms with E-state index in [1.807, 2.05) is 0 Å². The Kier molecular flexibility index (Phi) is 5.27. The van der Waals surface area contributed by atoms with Crippen LogP contribution in [0.4, 0.5) is 0 Å². The molecule has 3 fully saturated rings. The van der Waals surface area contributed by atoms with Gasteiger partial charge in [-0.2, -0.15) is 0 Å². The van der Waals surface area contributed by atoms with E-state index in [1.165, 1.54) is 58.3 Å². The molecule has 21 heavy (non-hydrogen) atoms. The summed E-state index contributed by atoms with van der Waals surface area (Å²) in [5.74, 6) is 2.22. The molecular weight excluding hydrogens is 256 g/mol. The fraction of sp³-hybridized carbons (Fsp3) is 1.00. The minimum atomic E-state index is 0.760. The summed E-state index contributed by atoms with van der Waals surface area (Å²) < 4.78 is 0. The Morgan fingerprint density at radius 3 is 2.38 bits per heavy atom. The Morgan fingerprint density at radius 1 is 0.952 bits per heavy atom. The molecule has 0 aromatic heterocycles. The molecule has 0 amide bonds. The predicted octanol–water partition coefficient (Wildman–Crippen LogP) is 4.01. The van der Waals surface area contributed by atoms with Crippen LogP contribution in [0.25, 0.3) is 0 Å². The molecule has 2 atom stereocenters. The number of hydrogen-bond acceptors (Lipinski definition) is 2. The Balaban J connectivity index is 1.44. The highest BCUT2D eigenvalue weighted by molar-refractivity contribution is 4.94. The van der Waals surface area contributed by atoms with Crippen LogP contribution in [-0.2, 0) is 0 Å². The summed E-state index contributed by atoms with van der Waals surface area (Å²) in [4.78, 5) is 5.05. The summed E-state index contributed by atoms with van der Waals surface area (Å²) in [6.45, 7) is 5.32. The lowest BCUT2D eigenvalue weighted by molar-refractivity contribution is 0.00590. The van der Waals surface area contributed by atoms with Crippen molar-refractivity contribution in [2.24, 2.45) is 17.3 Å². The average Bonchev–Trinajstić information content (AvgIpc) is 2.49. The van der Waals surface area contributed by atoms with Crippen LogP contribution in [0, 0.1) is 17.3 Å². The summed E-state index contributed by atoms with van der Waals surface area (Å²) in [7, 11) is 4.38. The van der Waals surface area contributed by atoms with Gasteiger partial charge in [0.1, 0.15) is 0 Å². The quantitative estimate of drug-likeness (QED) is 0.772. The zero-order chi connectivity index (χ0) is 14.7. The maximum absolute atomic E-state index is 2.74. The molecule has 122 valence electrons. The van der Waals surface area contributed by atoms with E-state index in [-0.39, 0.29) is 0 Å². The Labute approximate surface area is 132 Å². The van der Waals surface area contributed by atoms with E-state index in [2.05, 4.69) is 23.9 Å². The number of likely N-dealkylation sites (tertiary alicyclic amines) is 1. The third-order valence-corrected chi connectivity index (χ3v) is 6.80. The first-order valence-corrected chi connectivity index (χ1v) is 9.54. The number of fused-ring (bicyclic) bond motifs is 1. The fourth-order valence-corrected chi connectivity index (χ4v) is 5.40. The Bertz CT molecular complexity index is 318. The summed E-state index contributed by atoms with van der Waals surface area (Å²) in [6.07, 6.45) is 15.2. The molecule has 0 aromatic carbocycles. The minimum absolute atomic E-state index is 0.760. The number of piperidine rings is 1. The van der Waals surface area contributed by atoms with Crippen LogP contribution in [0.3, 0.4) is 0 Å². The van der Waals surface area contributed by atoms with E-state index in [9.17, 15) is 0 Å². The second kappa shape index (κ2) is 7.00. The third kappa shape index (κ3) is 4.01. The molecule has 1 aliphatic heterocycles. The molecule has 0 N–H and O–H groups in total. The second-order valence-electron chi connectivity index (χ2n) is 8.55. The zero-order valence-electron chi connectivity index (χ0n) is 14.4. The predicted molar refractivity (Wildman–Crippen MR) is 90.6 cm³/mol. The van der Waals surface area contributed by atoms with Crippen LogP contribution in [0.2, 0.25) is 0 Å². The van der Waals surface area contributed by atoms with Crippen molar-refractivity contribution in [1.29, 1.82) is 0 Å². The maximum atomic E-state index is 2.74. The standard InChI is InChI=1S/C19H36N2/c1-20(2)12-5-13-21-14-10-19(11-15-21)9-8-17-6-3-4-7-18(17)16-19/h17-18H,3-16H2,1-2H3/t17-,18+/m1/s1. The van der Waals surface area contributed by atoms with Gasteiger partial charge in [0.25, 0.3) is 0 Å². The second-order valence-corrected chi connectivity index (χ2v) is 8.55. The molecule has 0 radical (unpaired) electrons. The lowest BCUT2D eigenvalue weighted by atomic mass is 9.58. The molecule has 0 aromatic rings. The average molecular weight is 293 g/mol. The molecule has 0 unspecified atom stereocenters. The van der Waals surface area contributed by atoms with Crippen molar-refractivity contribution in [1.82, 2.24) is 9.80 Å². The van der Waals surface area contributed by atoms with Gasteiger partial charge in [-0.15, -0.1) is 0 Å². The fourth-order valence-electron chi connectivity index (χ4n) is 5.40. The highest BCUT2D eigenvalue weighted by Gasteiger charge is 2.42. The molecule has 3 rings (SSSR count). The van der Waals surface area contributed by atoms with E-state index in [4.69, 9.17) is 0 Å². The van der Waals surface area contributed by atoms with Gasteiger partial charge in [0.05, 0.1) is 0 Å². The summed E-state index contributed by atoms with van der Waals surface area (Å²) in [5, 5.41) is 0. The van der Waals surface area contributed by atoms with Gasteiger partial charge in [0, 0.05) is 0 Å². The lowest BCUT2D eigenvalue weighted by Crippen LogP contribution is -2.45. The molecule has 2 nitrogen and oxygen atoms in total. The van der Waals surface area contributed by atoms with Gasteiger partial charge in [-0.3, -0.25) is 0 Å². The highest BCUT2D eigenvalue weighted by Crippen LogP contribution is 2.52. The first kappa shape index (κ1) is 15.8. The Morgan fingerprint density at radius 2 is 1.67 bits per heavy atom. The van der Waals surface area contributed by atoms with Crippen molar-refractivity contribution in [2.75, 3.05) is 40.3 Å². The maximum Gasteiger partial charge on any atom is -0.000654 e. The largest absolute Gasteiger partial charge is 0.309 e. The monoisotopic (exact) mass is 292 g/mol. The number of nitrogens with zero attached hydrogens (tertiary/aromatic N) is 2. The van der Waals surface area contributed by atoms with Gasteiger partial charge in [0.2, 0.25) is 0 Å². The molecule has 1 spiro atoms. The molecule has 2 heteroatoms. The van der Waals surface area contributed by atoms with Crippen LogP contribution in [0.15, 0.2) is 0 Å². The molecule has 3 aliphatic rings. The normalized spacial score (nSPS) is 33.3. The van der Waals surface area contributed by atoms with Gasteiger partial charge in [-0.1, -0.05) is 25.7 Å². The minimum Gasteiger partial charge on any atom is -0.309 e. The van der Waals surface area contributed by atoms with Crippen LogP contribution in [0.1, 0.15) is 64.2 Å². The SMILES string of the molecule is CN(C)CCCN1CCC2(CC[C@H]3CCCC[C@H]3C2)CC1. The van der Waals surface area contributed by atoms with Crippen LogP contribution < -0.4 is 0 Å². The Hall–Kier alpha value is -0.0800. The first-order valence-electron chi connectivity index (χ1n) is 9.54. The summed E-state index contributed by atoms with van der Waals surface area (Å²) in [6, 6.07) is 0. The van der Waals surface area contributed by atoms with E-state index < -0.39 is 0 Å². The third-order valence-electron chi connectivity index (χ3n) is 6.80. The van der Waals surface area contributed by atoms with E-state index >= 15 is 0 Å². The van der Waals surface area contributed by atoms with Gasteiger partial charge in [-0.25, -0.2) is 0 Å². The van der Waals surface area contributed by atoms with E-state index in [0.29, 0.717) is 0 Å². The van der Waals surface area contributed by atoms with Crippen molar-refractivity contribution in [3.05, 3.63) is 0 Å². The van der Waals surface area contributed by atoms with Gasteiger partial charge >= 0.3 is 0 Å².